The fourth-order valence-corrected chi connectivity index (χ4v) is 3.17. The van der Waals surface area contributed by atoms with Gasteiger partial charge < -0.3 is 10.0 Å². The van der Waals surface area contributed by atoms with Crippen molar-refractivity contribution in [3.8, 4) is 5.75 Å². The van der Waals surface area contributed by atoms with Gasteiger partial charge in [-0.1, -0.05) is 24.3 Å². The lowest BCUT2D eigenvalue weighted by molar-refractivity contribution is 0.0677. The topological polar surface area (TPSA) is 57.6 Å². The highest BCUT2D eigenvalue weighted by molar-refractivity contribution is 6.01. The third-order valence-electron chi connectivity index (χ3n) is 4.48. The van der Waals surface area contributed by atoms with Crippen molar-refractivity contribution in [1.29, 1.82) is 0 Å². The Balaban J connectivity index is 1.93. The Bertz CT molecular complexity index is 782. The Morgan fingerprint density at radius 2 is 1.91 bits per heavy atom. The number of phenolic OH excluding ortho intramolecular Hbond substituents is 1. The van der Waals surface area contributed by atoms with Crippen molar-refractivity contribution < 1.29 is 14.7 Å². The summed E-state index contributed by atoms with van der Waals surface area (Å²) in [5.74, 6) is -0.463. The van der Waals surface area contributed by atoms with E-state index in [1.807, 2.05) is 24.0 Å². The molecule has 0 spiro atoms. The SMILES string of the molecule is CC(=O)c1cc(C(=O)N2CCc3ccccc3[C@H]2C)ccc1O. The molecule has 4 heteroatoms. The van der Waals surface area contributed by atoms with Crippen LogP contribution in [0.4, 0.5) is 0 Å². The maximum Gasteiger partial charge on any atom is 0.254 e. The van der Waals surface area contributed by atoms with Crippen molar-refractivity contribution in [2.24, 2.45) is 0 Å². The lowest BCUT2D eigenvalue weighted by atomic mass is 9.93. The van der Waals surface area contributed by atoms with Gasteiger partial charge in [0.1, 0.15) is 5.75 Å². The van der Waals surface area contributed by atoms with E-state index in [2.05, 4.69) is 12.1 Å². The van der Waals surface area contributed by atoms with Crippen LogP contribution in [0.2, 0.25) is 0 Å². The molecule has 1 amide bonds. The normalized spacial score (nSPS) is 16.8. The van der Waals surface area contributed by atoms with Crippen LogP contribution in [0.5, 0.6) is 5.75 Å². The summed E-state index contributed by atoms with van der Waals surface area (Å²) in [5.41, 5.74) is 3.05. The highest BCUT2D eigenvalue weighted by atomic mass is 16.3. The fraction of sp³-hybridized carbons (Fsp3) is 0.263. The van der Waals surface area contributed by atoms with E-state index in [1.54, 1.807) is 6.07 Å². The summed E-state index contributed by atoms with van der Waals surface area (Å²) in [4.78, 5) is 26.2. The number of phenols is 1. The minimum absolute atomic E-state index is 0.0120. The van der Waals surface area contributed by atoms with Crippen molar-refractivity contribution in [1.82, 2.24) is 4.90 Å². The molecule has 0 aromatic heterocycles. The number of fused-ring (bicyclic) bond motifs is 1. The number of benzene rings is 2. The van der Waals surface area contributed by atoms with Gasteiger partial charge in [-0.2, -0.15) is 0 Å². The first-order valence-corrected chi connectivity index (χ1v) is 7.71. The quantitative estimate of drug-likeness (QED) is 0.865. The van der Waals surface area contributed by atoms with Gasteiger partial charge in [0.05, 0.1) is 11.6 Å². The first-order chi connectivity index (χ1) is 11.0. The molecule has 2 aromatic carbocycles. The van der Waals surface area contributed by atoms with E-state index in [4.69, 9.17) is 0 Å². The van der Waals surface area contributed by atoms with E-state index in [9.17, 15) is 14.7 Å². The first-order valence-electron chi connectivity index (χ1n) is 7.71. The zero-order valence-electron chi connectivity index (χ0n) is 13.2. The second-order valence-corrected chi connectivity index (χ2v) is 5.91. The molecule has 0 saturated heterocycles. The Hall–Kier alpha value is -2.62. The minimum atomic E-state index is -0.255. The van der Waals surface area contributed by atoms with Crippen molar-refractivity contribution in [2.45, 2.75) is 26.3 Å². The van der Waals surface area contributed by atoms with E-state index in [-0.39, 0.29) is 29.0 Å². The maximum atomic E-state index is 12.8. The van der Waals surface area contributed by atoms with Gasteiger partial charge in [0, 0.05) is 12.1 Å². The van der Waals surface area contributed by atoms with Crippen molar-refractivity contribution in [3.05, 3.63) is 64.7 Å². The van der Waals surface area contributed by atoms with Crippen LogP contribution in [0.25, 0.3) is 0 Å². The molecular weight excluding hydrogens is 290 g/mol. The third-order valence-corrected chi connectivity index (χ3v) is 4.48. The van der Waals surface area contributed by atoms with Gasteiger partial charge in [-0.25, -0.2) is 0 Å². The van der Waals surface area contributed by atoms with Gasteiger partial charge in [-0.15, -0.1) is 0 Å². The van der Waals surface area contributed by atoms with E-state index in [0.29, 0.717) is 12.1 Å². The monoisotopic (exact) mass is 309 g/mol. The molecule has 1 aliphatic rings. The summed E-state index contributed by atoms with van der Waals surface area (Å²) in [6, 6.07) is 12.6. The maximum absolute atomic E-state index is 12.8. The van der Waals surface area contributed by atoms with Crippen molar-refractivity contribution in [3.63, 3.8) is 0 Å². The lowest BCUT2D eigenvalue weighted by Crippen LogP contribution is -2.38. The number of hydrogen-bond donors (Lipinski definition) is 1. The molecule has 1 atom stereocenters. The van der Waals surface area contributed by atoms with E-state index in [0.717, 1.165) is 12.0 Å². The summed E-state index contributed by atoms with van der Waals surface area (Å²) in [7, 11) is 0. The van der Waals surface area contributed by atoms with Crippen LogP contribution in [-0.4, -0.2) is 28.2 Å². The standard InChI is InChI=1S/C19H19NO3/c1-12-16-6-4-3-5-14(16)9-10-20(12)19(23)15-7-8-18(22)17(11-15)13(2)21/h3-8,11-12,22H,9-10H2,1-2H3/t12-/m1/s1. The fourth-order valence-electron chi connectivity index (χ4n) is 3.17. The number of aromatic hydroxyl groups is 1. The van der Waals surface area contributed by atoms with E-state index in [1.165, 1.54) is 24.6 Å². The van der Waals surface area contributed by atoms with E-state index >= 15 is 0 Å². The van der Waals surface area contributed by atoms with Crippen molar-refractivity contribution >= 4 is 11.7 Å². The molecule has 118 valence electrons. The summed E-state index contributed by atoms with van der Waals surface area (Å²) < 4.78 is 0. The molecule has 0 saturated carbocycles. The Morgan fingerprint density at radius 1 is 1.17 bits per heavy atom. The largest absolute Gasteiger partial charge is 0.507 e. The smallest absolute Gasteiger partial charge is 0.254 e. The summed E-state index contributed by atoms with van der Waals surface area (Å²) in [5, 5.41) is 9.73. The average Bonchev–Trinajstić information content (AvgIpc) is 2.55. The summed E-state index contributed by atoms with van der Waals surface area (Å²) >= 11 is 0. The van der Waals surface area contributed by atoms with Gasteiger partial charge in [-0.05, 0) is 49.6 Å². The van der Waals surface area contributed by atoms with Crippen LogP contribution in [0.3, 0.4) is 0 Å². The second-order valence-electron chi connectivity index (χ2n) is 5.91. The number of ketones is 1. The number of rotatable bonds is 2. The first kappa shape index (κ1) is 15.3. The van der Waals surface area contributed by atoms with Gasteiger partial charge in [-0.3, -0.25) is 9.59 Å². The van der Waals surface area contributed by atoms with Gasteiger partial charge in [0.25, 0.3) is 5.91 Å². The van der Waals surface area contributed by atoms with Crippen LogP contribution in [0, 0.1) is 0 Å². The predicted octanol–water partition coefficient (Wildman–Crippen LogP) is 3.35. The van der Waals surface area contributed by atoms with Crippen LogP contribution in [0.15, 0.2) is 42.5 Å². The van der Waals surface area contributed by atoms with E-state index < -0.39 is 0 Å². The predicted molar refractivity (Wildman–Crippen MR) is 87.7 cm³/mol. The molecule has 4 nitrogen and oxygen atoms in total. The van der Waals surface area contributed by atoms with Crippen LogP contribution in [-0.2, 0) is 6.42 Å². The number of amides is 1. The zero-order valence-corrected chi connectivity index (χ0v) is 13.2. The number of Topliss-reactive ketones (excluding diaryl/α,β-unsaturated/α-hetero) is 1. The highest BCUT2D eigenvalue weighted by Gasteiger charge is 2.28. The molecule has 1 N–H and O–H groups in total. The molecule has 0 aliphatic carbocycles. The molecule has 1 heterocycles. The Morgan fingerprint density at radius 3 is 2.65 bits per heavy atom. The number of hydrogen-bond acceptors (Lipinski definition) is 3. The zero-order chi connectivity index (χ0) is 16.6. The summed E-state index contributed by atoms with van der Waals surface area (Å²) in [6.45, 7) is 4.04. The molecular formula is C19H19NO3. The Labute approximate surface area is 135 Å². The summed E-state index contributed by atoms with van der Waals surface area (Å²) in [6.07, 6.45) is 0.823. The van der Waals surface area contributed by atoms with Gasteiger partial charge >= 0.3 is 0 Å². The number of nitrogens with zero attached hydrogens (tertiary/aromatic N) is 1. The minimum Gasteiger partial charge on any atom is -0.507 e. The highest BCUT2D eigenvalue weighted by Crippen LogP contribution is 2.31. The average molecular weight is 309 g/mol. The Kier molecular flexibility index (Phi) is 3.90. The lowest BCUT2D eigenvalue weighted by Gasteiger charge is -2.35. The molecule has 0 fully saturated rings. The third kappa shape index (κ3) is 2.72. The van der Waals surface area contributed by atoms with Crippen LogP contribution < -0.4 is 0 Å². The number of carbonyl (C=O) groups excluding carboxylic acids is 2. The van der Waals surface area contributed by atoms with Crippen LogP contribution >= 0.6 is 0 Å². The molecule has 0 radical (unpaired) electrons. The van der Waals surface area contributed by atoms with Gasteiger partial charge in [0.15, 0.2) is 5.78 Å². The second kappa shape index (κ2) is 5.88. The molecule has 0 bridgehead atoms. The number of carbonyl (C=O) groups is 2. The molecule has 0 unspecified atom stereocenters. The van der Waals surface area contributed by atoms with Gasteiger partial charge in [0.2, 0.25) is 0 Å². The molecule has 2 aromatic rings. The molecule has 3 rings (SSSR count). The van der Waals surface area contributed by atoms with Crippen molar-refractivity contribution in [2.75, 3.05) is 6.54 Å². The molecule has 1 aliphatic heterocycles. The van der Waals surface area contributed by atoms with Crippen LogP contribution in [0.1, 0.15) is 51.7 Å². The molecule has 23 heavy (non-hydrogen) atoms.